The van der Waals surface area contributed by atoms with E-state index in [-0.39, 0.29) is 17.6 Å². The summed E-state index contributed by atoms with van der Waals surface area (Å²) in [5.41, 5.74) is 7.97. The molecule has 2 heterocycles. The standard InChI is InChI=1S/C21H28N6O2/c1-5-6-11-23-19-25-17(22)15-18(26-19)27(20(29)24-15)12-13-7-9-14(10-8-13)16(28)21(2,3)4/h7-10H,5-6,11-12H2,1-4H3,(H,24,29)(H3,22,23,25,26). The Balaban J connectivity index is 1.89. The maximum atomic E-state index is 12.4. The molecule has 0 unspecified atom stereocenters. The monoisotopic (exact) mass is 396 g/mol. The second-order valence-corrected chi connectivity index (χ2v) is 8.16. The number of carbonyl (C=O) groups is 1. The first-order chi connectivity index (χ1) is 13.7. The van der Waals surface area contributed by atoms with E-state index in [0.29, 0.717) is 29.2 Å². The highest BCUT2D eigenvalue weighted by Gasteiger charge is 2.23. The third-order valence-electron chi connectivity index (χ3n) is 4.65. The van der Waals surface area contributed by atoms with Crippen molar-refractivity contribution in [1.82, 2.24) is 19.5 Å². The first-order valence-corrected chi connectivity index (χ1v) is 9.81. The van der Waals surface area contributed by atoms with Crippen LogP contribution in [0.3, 0.4) is 0 Å². The van der Waals surface area contributed by atoms with Crippen LogP contribution in [0.1, 0.15) is 56.5 Å². The van der Waals surface area contributed by atoms with Gasteiger partial charge in [-0.1, -0.05) is 58.4 Å². The number of unbranched alkanes of at least 4 members (excludes halogenated alkanes) is 1. The zero-order valence-electron chi connectivity index (χ0n) is 17.4. The molecule has 0 aliphatic carbocycles. The number of Topliss-reactive ketones (excluding diaryl/α,β-unsaturated/α-hetero) is 1. The van der Waals surface area contributed by atoms with Gasteiger partial charge in [0.1, 0.15) is 0 Å². The molecule has 3 rings (SSSR count). The summed E-state index contributed by atoms with van der Waals surface area (Å²) in [6, 6.07) is 7.17. The van der Waals surface area contributed by atoms with Gasteiger partial charge in [-0.05, 0) is 12.0 Å². The first kappa shape index (κ1) is 20.6. The molecule has 0 saturated carbocycles. The fraction of sp³-hybridized carbons (Fsp3) is 0.429. The van der Waals surface area contributed by atoms with Crippen LogP contribution >= 0.6 is 0 Å². The van der Waals surface area contributed by atoms with E-state index in [1.807, 2.05) is 32.9 Å². The highest BCUT2D eigenvalue weighted by molar-refractivity contribution is 5.99. The van der Waals surface area contributed by atoms with E-state index in [9.17, 15) is 9.90 Å². The molecule has 0 bridgehead atoms. The van der Waals surface area contributed by atoms with Crippen LogP contribution in [-0.2, 0) is 6.54 Å². The van der Waals surface area contributed by atoms with Gasteiger partial charge in [-0.2, -0.15) is 15.0 Å². The minimum Gasteiger partial charge on any atom is -0.480 e. The number of nitrogens with zero attached hydrogens (tertiary/aromatic N) is 4. The van der Waals surface area contributed by atoms with Gasteiger partial charge >= 0.3 is 0 Å². The van der Waals surface area contributed by atoms with Crippen LogP contribution < -0.4 is 11.1 Å². The topological polar surface area (TPSA) is 119 Å². The van der Waals surface area contributed by atoms with Gasteiger partial charge in [0.05, 0.1) is 6.54 Å². The molecule has 1 aromatic carbocycles. The Bertz CT molecular complexity index is 1020. The molecule has 154 valence electrons. The Labute approximate surface area is 170 Å². The summed E-state index contributed by atoms with van der Waals surface area (Å²) in [4.78, 5) is 25.2. The molecule has 0 amide bonds. The van der Waals surface area contributed by atoms with E-state index in [1.165, 1.54) is 0 Å². The average molecular weight is 396 g/mol. The maximum Gasteiger partial charge on any atom is 0.296 e. The van der Waals surface area contributed by atoms with Crippen LogP contribution in [0.2, 0.25) is 0 Å². The van der Waals surface area contributed by atoms with Gasteiger partial charge in [-0.15, -0.1) is 0 Å². The summed E-state index contributed by atoms with van der Waals surface area (Å²) in [6.07, 6.45) is 2.04. The molecule has 29 heavy (non-hydrogen) atoms. The van der Waals surface area contributed by atoms with Crippen molar-refractivity contribution < 1.29 is 9.90 Å². The molecule has 8 heteroatoms. The van der Waals surface area contributed by atoms with Crippen molar-refractivity contribution in [1.29, 1.82) is 0 Å². The number of benzene rings is 1. The molecule has 2 aromatic heterocycles. The average Bonchev–Trinajstić information content (AvgIpc) is 2.98. The summed E-state index contributed by atoms with van der Waals surface area (Å²) in [5.74, 6) is 0.716. The predicted octanol–water partition coefficient (Wildman–Crippen LogP) is 3.60. The number of hydrogen-bond donors (Lipinski definition) is 3. The molecule has 0 spiro atoms. The summed E-state index contributed by atoms with van der Waals surface area (Å²) in [6.45, 7) is 8.88. The number of rotatable bonds is 7. The van der Waals surface area contributed by atoms with Crippen molar-refractivity contribution in [3.8, 4) is 6.01 Å². The lowest BCUT2D eigenvalue weighted by Gasteiger charge is -2.16. The van der Waals surface area contributed by atoms with Crippen LogP contribution in [-0.4, -0.2) is 37.0 Å². The molecular weight excluding hydrogens is 368 g/mol. The quantitative estimate of drug-likeness (QED) is 0.412. The van der Waals surface area contributed by atoms with Crippen molar-refractivity contribution >= 4 is 28.7 Å². The smallest absolute Gasteiger partial charge is 0.296 e. The fourth-order valence-corrected chi connectivity index (χ4v) is 2.99. The van der Waals surface area contributed by atoms with E-state index in [1.54, 1.807) is 16.7 Å². The number of nitrogens with one attached hydrogen (secondary N) is 1. The van der Waals surface area contributed by atoms with Gasteiger partial charge < -0.3 is 16.2 Å². The van der Waals surface area contributed by atoms with Gasteiger partial charge in [0, 0.05) is 17.5 Å². The largest absolute Gasteiger partial charge is 0.480 e. The number of aromatic hydroxyl groups is 1. The molecule has 0 radical (unpaired) electrons. The van der Waals surface area contributed by atoms with E-state index in [4.69, 9.17) is 5.73 Å². The van der Waals surface area contributed by atoms with Gasteiger partial charge in [0.25, 0.3) is 6.01 Å². The summed E-state index contributed by atoms with van der Waals surface area (Å²) < 4.78 is 1.58. The molecule has 0 atom stereocenters. The number of aromatic nitrogens is 4. The number of ketones is 1. The molecular formula is C21H28N6O2. The third-order valence-corrected chi connectivity index (χ3v) is 4.65. The van der Waals surface area contributed by atoms with E-state index >= 15 is 0 Å². The van der Waals surface area contributed by atoms with Crippen LogP contribution in [0.25, 0.3) is 11.2 Å². The van der Waals surface area contributed by atoms with E-state index in [2.05, 4.69) is 27.2 Å². The lowest BCUT2D eigenvalue weighted by molar-refractivity contribution is 0.0858. The number of fused-ring (bicyclic) bond motifs is 1. The SMILES string of the molecule is CCCCNc1nc(N)c2nc(O)n(Cc3ccc(C(=O)C(C)(C)C)cc3)c2n1. The lowest BCUT2D eigenvalue weighted by atomic mass is 9.86. The highest BCUT2D eigenvalue weighted by atomic mass is 16.3. The summed E-state index contributed by atoms with van der Waals surface area (Å²) >= 11 is 0. The van der Waals surface area contributed by atoms with Crippen molar-refractivity contribution in [2.75, 3.05) is 17.6 Å². The molecule has 0 saturated heterocycles. The van der Waals surface area contributed by atoms with Gasteiger partial charge in [0.15, 0.2) is 22.8 Å². The van der Waals surface area contributed by atoms with Gasteiger partial charge in [-0.3, -0.25) is 9.36 Å². The molecule has 4 N–H and O–H groups in total. The van der Waals surface area contributed by atoms with Gasteiger partial charge in [0.2, 0.25) is 5.95 Å². The van der Waals surface area contributed by atoms with Crippen LogP contribution in [0.15, 0.2) is 24.3 Å². The van der Waals surface area contributed by atoms with Crippen molar-refractivity contribution in [2.24, 2.45) is 5.41 Å². The summed E-state index contributed by atoms with van der Waals surface area (Å²) in [5, 5.41) is 13.5. The molecule has 3 aromatic rings. The van der Waals surface area contributed by atoms with Crippen LogP contribution in [0.4, 0.5) is 11.8 Å². The Morgan fingerprint density at radius 2 is 1.86 bits per heavy atom. The normalized spacial score (nSPS) is 11.7. The number of hydrogen-bond acceptors (Lipinski definition) is 7. The van der Waals surface area contributed by atoms with Crippen LogP contribution in [0.5, 0.6) is 6.01 Å². The molecule has 0 fully saturated rings. The Hall–Kier alpha value is -3.16. The first-order valence-electron chi connectivity index (χ1n) is 9.81. The van der Waals surface area contributed by atoms with Crippen molar-refractivity contribution in [3.63, 3.8) is 0 Å². The van der Waals surface area contributed by atoms with E-state index in [0.717, 1.165) is 24.9 Å². The number of carbonyl (C=O) groups excluding carboxylic acids is 1. The molecule has 0 aliphatic heterocycles. The highest BCUT2D eigenvalue weighted by Crippen LogP contribution is 2.26. The number of anilines is 2. The molecule has 8 nitrogen and oxygen atoms in total. The van der Waals surface area contributed by atoms with Crippen LogP contribution in [0, 0.1) is 5.41 Å². The number of nitrogen functional groups attached to an aromatic ring is 1. The third kappa shape index (κ3) is 4.47. The second kappa shape index (κ2) is 8.06. The zero-order chi connectivity index (χ0) is 21.2. The Kier molecular flexibility index (Phi) is 5.72. The lowest BCUT2D eigenvalue weighted by Crippen LogP contribution is -2.20. The van der Waals surface area contributed by atoms with Gasteiger partial charge in [-0.25, -0.2) is 0 Å². The van der Waals surface area contributed by atoms with E-state index < -0.39 is 5.41 Å². The maximum absolute atomic E-state index is 12.4. The second-order valence-electron chi connectivity index (χ2n) is 8.16. The summed E-state index contributed by atoms with van der Waals surface area (Å²) in [7, 11) is 0. The Morgan fingerprint density at radius 3 is 2.48 bits per heavy atom. The zero-order valence-corrected chi connectivity index (χ0v) is 17.4. The van der Waals surface area contributed by atoms with Crippen molar-refractivity contribution in [2.45, 2.75) is 47.1 Å². The molecule has 0 aliphatic rings. The van der Waals surface area contributed by atoms with Crippen molar-refractivity contribution in [3.05, 3.63) is 35.4 Å². The Morgan fingerprint density at radius 1 is 1.17 bits per heavy atom. The predicted molar refractivity (Wildman–Crippen MR) is 114 cm³/mol. The number of nitrogens with two attached hydrogens (primary N) is 1. The number of imidazole rings is 1. The minimum atomic E-state index is -0.435. The minimum absolute atomic E-state index is 0.0864. The fourth-order valence-electron chi connectivity index (χ4n) is 2.99.